The van der Waals surface area contributed by atoms with E-state index in [1.54, 1.807) is 0 Å². The molecule has 1 unspecified atom stereocenters. The quantitative estimate of drug-likeness (QED) is 0.443. The summed E-state index contributed by atoms with van der Waals surface area (Å²) < 4.78 is 4.84. The lowest BCUT2D eigenvalue weighted by atomic mass is 9.98. The van der Waals surface area contributed by atoms with Gasteiger partial charge in [-0.25, -0.2) is 4.79 Å². The summed E-state index contributed by atoms with van der Waals surface area (Å²) in [6.45, 7) is 2.50. The fraction of sp³-hybridized carbons (Fsp3) is 0.417. The molecule has 2 aromatic heterocycles. The number of likely N-dealkylation sites (tertiary alicyclic amines) is 1. The number of fused-ring (bicyclic) bond motifs is 1. The van der Waals surface area contributed by atoms with Crippen LogP contribution >= 0.6 is 23.1 Å². The summed E-state index contributed by atoms with van der Waals surface area (Å²) in [5.41, 5.74) is 3.08. The van der Waals surface area contributed by atoms with Crippen LogP contribution in [0.3, 0.4) is 0 Å². The molecule has 1 atom stereocenters. The summed E-state index contributed by atoms with van der Waals surface area (Å²) in [6, 6.07) is 7.74. The molecule has 3 aromatic rings. The van der Waals surface area contributed by atoms with Crippen molar-refractivity contribution in [3.05, 3.63) is 66.3 Å². The van der Waals surface area contributed by atoms with Crippen LogP contribution in [0, 0.1) is 5.92 Å². The second-order valence-corrected chi connectivity index (χ2v) is 10.1. The minimum absolute atomic E-state index is 0.0119. The van der Waals surface area contributed by atoms with Gasteiger partial charge in [0, 0.05) is 24.8 Å². The van der Waals surface area contributed by atoms with Gasteiger partial charge in [0.05, 0.1) is 0 Å². The zero-order chi connectivity index (χ0) is 24.9. The third-order valence-corrected chi connectivity index (χ3v) is 7.44. The van der Waals surface area contributed by atoms with Gasteiger partial charge in [-0.3, -0.25) is 19.1 Å². The first-order valence-electron chi connectivity index (χ1n) is 11.5. The standard InChI is InChI=1S/C20H26N4O2.C4H2ClNO2S/c1-23-9-3-4-14(12-23)13-24-19(25)11-18(22-20(24)26)21-17-8-7-15-5-2-6-16(15)10-17;5-4-3(8)2(1-7)9-6-4/h7-8,10-11,14,21H,2-6,9,12-13H2,1H3,(H,22,26);1,8H. The van der Waals surface area contributed by atoms with E-state index in [-0.39, 0.29) is 27.0 Å². The molecule has 0 radical (unpaired) electrons. The van der Waals surface area contributed by atoms with Crippen molar-refractivity contribution in [1.29, 1.82) is 0 Å². The van der Waals surface area contributed by atoms with Crippen molar-refractivity contribution in [3.8, 4) is 5.75 Å². The summed E-state index contributed by atoms with van der Waals surface area (Å²) >= 11 is 6.17. The number of aromatic hydroxyl groups is 1. The number of aryl methyl sites for hydroxylation is 2. The zero-order valence-electron chi connectivity index (χ0n) is 19.4. The number of aromatic nitrogens is 3. The Morgan fingerprint density at radius 1 is 1.26 bits per heavy atom. The molecule has 1 fully saturated rings. The summed E-state index contributed by atoms with van der Waals surface area (Å²) in [6.07, 6.45) is 6.12. The molecule has 35 heavy (non-hydrogen) atoms. The Morgan fingerprint density at radius 2 is 2.06 bits per heavy atom. The van der Waals surface area contributed by atoms with Crippen molar-refractivity contribution in [2.75, 3.05) is 25.5 Å². The lowest BCUT2D eigenvalue weighted by Crippen LogP contribution is -2.41. The summed E-state index contributed by atoms with van der Waals surface area (Å²) in [5.74, 6) is 0.578. The van der Waals surface area contributed by atoms with Crippen LogP contribution < -0.4 is 16.6 Å². The van der Waals surface area contributed by atoms with E-state index in [2.05, 4.69) is 38.8 Å². The largest absolute Gasteiger partial charge is 0.504 e. The number of nitrogens with zero attached hydrogens (tertiary/aromatic N) is 3. The van der Waals surface area contributed by atoms with Gasteiger partial charge in [-0.05, 0) is 86.4 Å². The number of carbonyl (C=O) groups excluding carboxylic acids is 1. The highest BCUT2D eigenvalue weighted by Crippen LogP contribution is 2.28. The fourth-order valence-electron chi connectivity index (χ4n) is 4.60. The predicted octanol–water partition coefficient (Wildman–Crippen LogP) is 3.43. The van der Waals surface area contributed by atoms with Gasteiger partial charge in [-0.15, -0.1) is 0 Å². The number of rotatable bonds is 5. The third-order valence-electron chi connectivity index (χ3n) is 6.32. The number of benzene rings is 1. The Kier molecular flexibility index (Phi) is 8.04. The maximum Gasteiger partial charge on any atom is 0.329 e. The van der Waals surface area contributed by atoms with Crippen molar-refractivity contribution in [2.24, 2.45) is 5.92 Å². The minimum atomic E-state index is -0.339. The van der Waals surface area contributed by atoms with Crippen LogP contribution in [0.1, 0.15) is 40.1 Å². The van der Waals surface area contributed by atoms with Gasteiger partial charge in [-0.1, -0.05) is 17.7 Å². The van der Waals surface area contributed by atoms with Crippen LogP contribution in [-0.2, 0) is 19.4 Å². The lowest BCUT2D eigenvalue weighted by Gasteiger charge is -2.29. The molecule has 1 aromatic carbocycles. The number of aromatic amines is 1. The van der Waals surface area contributed by atoms with E-state index in [1.165, 1.54) is 28.2 Å². The van der Waals surface area contributed by atoms with Crippen molar-refractivity contribution < 1.29 is 9.90 Å². The second kappa shape index (κ2) is 11.2. The average Bonchev–Trinajstić information content (AvgIpc) is 3.42. The molecule has 9 nitrogen and oxygen atoms in total. The molecular formula is C24H28ClN5O4S. The summed E-state index contributed by atoms with van der Waals surface area (Å²) in [7, 11) is 2.09. The number of carbonyl (C=O) groups is 1. The van der Waals surface area contributed by atoms with Crippen LogP contribution in [0.2, 0.25) is 5.15 Å². The molecule has 1 saturated heterocycles. The predicted molar refractivity (Wildman–Crippen MR) is 137 cm³/mol. The van der Waals surface area contributed by atoms with Gasteiger partial charge in [0.2, 0.25) is 0 Å². The molecule has 1 aliphatic heterocycles. The van der Waals surface area contributed by atoms with E-state index >= 15 is 0 Å². The van der Waals surface area contributed by atoms with E-state index in [9.17, 15) is 14.4 Å². The zero-order valence-corrected chi connectivity index (χ0v) is 21.0. The van der Waals surface area contributed by atoms with Crippen LogP contribution in [0.25, 0.3) is 0 Å². The average molecular weight is 518 g/mol. The number of piperidine rings is 1. The molecule has 3 N–H and O–H groups in total. The monoisotopic (exact) mass is 517 g/mol. The normalized spacial score (nSPS) is 17.4. The molecule has 0 amide bonds. The van der Waals surface area contributed by atoms with Crippen molar-refractivity contribution in [2.45, 2.75) is 38.6 Å². The molecule has 0 spiro atoms. The molecular weight excluding hydrogens is 490 g/mol. The Morgan fingerprint density at radius 3 is 2.71 bits per heavy atom. The van der Waals surface area contributed by atoms with Crippen molar-refractivity contribution >= 4 is 40.9 Å². The Labute approximate surface area is 211 Å². The molecule has 5 rings (SSSR count). The van der Waals surface area contributed by atoms with Crippen LogP contribution in [0.4, 0.5) is 11.5 Å². The number of anilines is 2. The highest BCUT2D eigenvalue weighted by molar-refractivity contribution is 7.08. The van der Waals surface area contributed by atoms with Crippen LogP contribution in [0.5, 0.6) is 5.75 Å². The first-order chi connectivity index (χ1) is 16.8. The summed E-state index contributed by atoms with van der Waals surface area (Å²) in [4.78, 5) is 40.2. The van der Waals surface area contributed by atoms with Gasteiger partial charge >= 0.3 is 5.69 Å². The number of H-pyrrole nitrogens is 1. The molecule has 1 aliphatic carbocycles. The van der Waals surface area contributed by atoms with Crippen LogP contribution in [0.15, 0.2) is 33.9 Å². The number of halogens is 1. The number of aldehydes is 1. The molecule has 186 valence electrons. The highest BCUT2D eigenvalue weighted by Gasteiger charge is 2.19. The third kappa shape index (κ3) is 6.19. The van der Waals surface area contributed by atoms with E-state index in [1.807, 2.05) is 6.07 Å². The first kappa shape index (κ1) is 25.2. The van der Waals surface area contributed by atoms with Gasteiger partial charge in [-0.2, -0.15) is 4.37 Å². The van der Waals surface area contributed by atoms with E-state index in [0.717, 1.165) is 56.0 Å². The maximum absolute atomic E-state index is 12.5. The fourth-order valence-corrected chi connectivity index (χ4v) is 5.35. The molecule has 0 bridgehead atoms. The maximum atomic E-state index is 12.5. The molecule has 11 heteroatoms. The van der Waals surface area contributed by atoms with Gasteiger partial charge in [0.15, 0.2) is 17.2 Å². The number of hydrogen-bond acceptors (Lipinski definition) is 8. The summed E-state index contributed by atoms with van der Waals surface area (Å²) in [5, 5.41) is 12.0. The SMILES string of the molecule is CN1CCCC(Cn2c(=O)cc(Nc3ccc4c(c3)CCC4)[nH]c2=O)C1.O=Cc1snc(Cl)c1O. The Bertz CT molecular complexity index is 1290. The lowest BCUT2D eigenvalue weighted by molar-refractivity contribution is 0.112. The van der Waals surface area contributed by atoms with Crippen LogP contribution in [-0.4, -0.2) is 50.4 Å². The topological polar surface area (TPSA) is 120 Å². The van der Waals surface area contributed by atoms with E-state index in [0.29, 0.717) is 24.6 Å². The smallest absolute Gasteiger partial charge is 0.329 e. The molecule has 2 aliphatic rings. The molecule has 3 heterocycles. The Hall–Kier alpha value is -2.95. The highest BCUT2D eigenvalue weighted by atomic mass is 35.5. The minimum Gasteiger partial charge on any atom is -0.504 e. The van der Waals surface area contributed by atoms with Gasteiger partial charge in [0.1, 0.15) is 10.7 Å². The Balaban J connectivity index is 0.000000271. The van der Waals surface area contributed by atoms with E-state index < -0.39 is 0 Å². The van der Waals surface area contributed by atoms with Crippen molar-refractivity contribution in [1.82, 2.24) is 18.8 Å². The van der Waals surface area contributed by atoms with Gasteiger partial charge in [0.25, 0.3) is 5.56 Å². The van der Waals surface area contributed by atoms with Gasteiger partial charge < -0.3 is 15.3 Å². The molecule has 0 saturated carbocycles. The van der Waals surface area contributed by atoms with Crippen molar-refractivity contribution in [3.63, 3.8) is 0 Å². The second-order valence-electron chi connectivity index (χ2n) is 8.97. The first-order valence-corrected chi connectivity index (χ1v) is 12.7. The number of hydrogen-bond donors (Lipinski definition) is 3. The van der Waals surface area contributed by atoms with E-state index in [4.69, 9.17) is 16.7 Å². The number of nitrogens with one attached hydrogen (secondary N) is 2.